The van der Waals surface area contributed by atoms with Gasteiger partial charge in [-0.2, -0.15) is 5.26 Å². The molecule has 1 aliphatic carbocycles. The number of nitriles is 1. The molecule has 0 atom stereocenters. The van der Waals surface area contributed by atoms with E-state index >= 15 is 0 Å². The zero-order chi connectivity index (χ0) is 13.3. The first-order chi connectivity index (χ1) is 8.60. The third-order valence-corrected chi connectivity index (χ3v) is 4.45. The van der Waals surface area contributed by atoms with Gasteiger partial charge in [0, 0.05) is 19.5 Å². The summed E-state index contributed by atoms with van der Waals surface area (Å²) in [5.74, 6) is 0.256. The summed E-state index contributed by atoms with van der Waals surface area (Å²) < 4.78 is 0. The minimum Gasteiger partial charge on any atom is -0.396 e. The van der Waals surface area contributed by atoms with Gasteiger partial charge in [0.1, 0.15) is 16.6 Å². The maximum absolute atomic E-state index is 12.1. The zero-order valence-electron chi connectivity index (χ0n) is 10.7. The molecule has 0 unspecified atom stereocenters. The molecule has 0 spiro atoms. The molecular weight excluding hydrogens is 246 g/mol. The minimum atomic E-state index is 0.116. The molecule has 0 bridgehead atoms. The van der Waals surface area contributed by atoms with Crippen LogP contribution in [0.5, 0.6) is 0 Å². The Balaban J connectivity index is 2.38. The topological polar surface area (TPSA) is 70.1 Å². The first-order valence-corrected chi connectivity index (χ1v) is 6.99. The van der Waals surface area contributed by atoms with Crippen LogP contribution in [0.4, 0.5) is 10.7 Å². The van der Waals surface area contributed by atoms with E-state index in [-0.39, 0.29) is 11.7 Å². The van der Waals surface area contributed by atoms with E-state index in [1.165, 1.54) is 11.3 Å². The molecule has 1 saturated carbocycles. The van der Waals surface area contributed by atoms with Crippen LogP contribution in [0, 0.1) is 17.2 Å². The number of anilines is 2. The van der Waals surface area contributed by atoms with Crippen molar-refractivity contribution in [1.82, 2.24) is 0 Å². The van der Waals surface area contributed by atoms with Crippen molar-refractivity contribution >= 4 is 27.8 Å². The van der Waals surface area contributed by atoms with Crippen molar-refractivity contribution in [2.24, 2.45) is 5.92 Å². The number of nitrogens with zero attached hydrogens (tertiary/aromatic N) is 2. The number of carbonyl (C=O) groups excluding carboxylic acids is 1. The number of nitrogens with two attached hydrogens (primary N) is 1. The fourth-order valence-electron chi connectivity index (χ4n) is 1.96. The Morgan fingerprint density at radius 2 is 2.28 bits per heavy atom. The summed E-state index contributed by atoms with van der Waals surface area (Å²) >= 11 is 1.36. The van der Waals surface area contributed by atoms with Gasteiger partial charge in [0.25, 0.3) is 0 Å². The predicted molar refractivity (Wildman–Crippen MR) is 74.1 cm³/mol. The van der Waals surface area contributed by atoms with Crippen molar-refractivity contribution in [1.29, 1.82) is 5.26 Å². The number of Topliss-reactive ketones (excluding diaryl/α,β-unsaturated/α-hetero) is 1. The lowest BCUT2D eigenvalue weighted by atomic mass is 10.1. The van der Waals surface area contributed by atoms with E-state index in [9.17, 15) is 10.1 Å². The highest BCUT2D eigenvalue weighted by Gasteiger charge is 2.34. The van der Waals surface area contributed by atoms with Crippen LogP contribution in [0.1, 0.15) is 41.4 Å². The van der Waals surface area contributed by atoms with E-state index in [0.717, 1.165) is 30.8 Å². The van der Waals surface area contributed by atoms with Gasteiger partial charge in [0.2, 0.25) is 0 Å². The van der Waals surface area contributed by atoms with Crippen LogP contribution in [0.3, 0.4) is 0 Å². The SMILES string of the molecule is CCCN(C)c1sc(C(=O)C2CC2)c(N)c1C#N. The van der Waals surface area contributed by atoms with Crippen LogP contribution in [-0.2, 0) is 0 Å². The van der Waals surface area contributed by atoms with Crippen molar-refractivity contribution in [2.75, 3.05) is 24.2 Å². The van der Waals surface area contributed by atoms with Gasteiger partial charge in [-0.1, -0.05) is 6.92 Å². The van der Waals surface area contributed by atoms with Gasteiger partial charge < -0.3 is 10.6 Å². The number of rotatable bonds is 5. The van der Waals surface area contributed by atoms with Gasteiger partial charge in [-0.05, 0) is 19.3 Å². The van der Waals surface area contributed by atoms with Gasteiger partial charge in [-0.15, -0.1) is 11.3 Å². The van der Waals surface area contributed by atoms with Gasteiger partial charge >= 0.3 is 0 Å². The van der Waals surface area contributed by atoms with Crippen molar-refractivity contribution in [2.45, 2.75) is 26.2 Å². The third kappa shape index (κ3) is 2.21. The molecule has 1 aromatic heterocycles. The van der Waals surface area contributed by atoms with E-state index in [1.54, 1.807) is 0 Å². The third-order valence-electron chi connectivity index (χ3n) is 3.12. The van der Waals surface area contributed by atoms with Crippen LogP contribution in [0.15, 0.2) is 0 Å². The Bertz CT molecular complexity index is 511. The predicted octanol–water partition coefficient (Wildman–Crippen LogP) is 2.64. The molecule has 18 heavy (non-hydrogen) atoms. The summed E-state index contributed by atoms with van der Waals surface area (Å²) in [6.07, 6.45) is 2.90. The summed E-state index contributed by atoms with van der Waals surface area (Å²) in [7, 11) is 1.93. The second-order valence-corrected chi connectivity index (χ2v) is 5.70. The smallest absolute Gasteiger partial charge is 0.178 e. The fraction of sp³-hybridized carbons (Fsp3) is 0.538. The number of hydrogen-bond donors (Lipinski definition) is 1. The maximum atomic E-state index is 12.1. The van der Waals surface area contributed by atoms with Crippen LogP contribution in [0.2, 0.25) is 0 Å². The molecule has 96 valence electrons. The molecule has 1 aliphatic rings. The molecule has 0 aliphatic heterocycles. The summed E-state index contributed by atoms with van der Waals surface area (Å²) in [6, 6.07) is 2.13. The minimum absolute atomic E-state index is 0.116. The molecule has 0 radical (unpaired) electrons. The fourth-order valence-corrected chi connectivity index (χ4v) is 3.14. The lowest BCUT2D eigenvalue weighted by molar-refractivity contribution is 0.0972. The quantitative estimate of drug-likeness (QED) is 0.829. The molecule has 2 rings (SSSR count). The number of hydrogen-bond acceptors (Lipinski definition) is 5. The van der Waals surface area contributed by atoms with Gasteiger partial charge in [-0.3, -0.25) is 4.79 Å². The van der Waals surface area contributed by atoms with E-state index in [2.05, 4.69) is 13.0 Å². The number of ketones is 1. The van der Waals surface area contributed by atoms with Crippen molar-refractivity contribution in [3.8, 4) is 6.07 Å². The standard InChI is InChI=1S/C13H17N3OS/c1-3-6-16(2)13-9(7-14)10(15)12(18-13)11(17)8-4-5-8/h8H,3-6,15H2,1-2H3. The van der Waals surface area contributed by atoms with E-state index in [4.69, 9.17) is 5.73 Å². The lowest BCUT2D eigenvalue weighted by Crippen LogP contribution is -2.17. The molecular formula is C13H17N3OS. The normalized spacial score (nSPS) is 14.3. The van der Waals surface area contributed by atoms with Gasteiger partial charge in [0.15, 0.2) is 5.78 Å². The Kier molecular flexibility index (Phi) is 3.58. The molecule has 0 amide bonds. The number of thiophene rings is 1. The van der Waals surface area contributed by atoms with Gasteiger partial charge in [0.05, 0.1) is 10.6 Å². The largest absolute Gasteiger partial charge is 0.396 e. The Morgan fingerprint density at radius 1 is 1.61 bits per heavy atom. The van der Waals surface area contributed by atoms with E-state index in [1.807, 2.05) is 11.9 Å². The Morgan fingerprint density at radius 3 is 2.78 bits per heavy atom. The van der Waals surface area contributed by atoms with E-state index in [0.29, 0.717) is 16.1 Å². The molecule has 2 N–H and O–H groups in total. The van der Waals surface area contributed by atoms with Crippen LogP contribution >= 0.6 is 11.3 Å². The number of carbonyl (C=O) groups is 1. The molecule has 4 nitrogen and oxygen atoms in total. The molecule has 5 heteroatoms. The average Bonchev–Trinajstić information content (AvgIpc) is 3.13. The van der Waals surface area contributed by atoms with E-state index < -0.39 is 0 Å². The molecule has 0 saturated heterocycles. The zero-order valence-corrected chi connectivity index (χ0v) is 11.5. The molecule has 1 aromatic rings. The number of nitrogen functional groups attached to an aromatic ring is 1. The monoisotopic (exact) mass is 263 g/mol. The first-order valence-electron chi connectivity index (χ1n) is 6.17. The molecule has 1 heterocycles. The van der Waals surface area contributed by atoms with Gasteiger partial charge in [-0.25, -0.2) is 0 Å². The summed E-state index contributed by atoms with van der Waals surface area (Å²) in [5, 5.41) is 10.0. The van der Waals surface area contributed by atoms with Crippen molar-refractivity contribution in [3.05, 3.63) is 10.4 Å². The van der Waals surface area contributed by atoms with Crippen molar-refractivity contribution in [3.63, 3.8) is 0 Å². The maximum Gasteiger partial charge on any atom is 0.178 e. The first kappa shape index (κ1) is 12.9. The molecule has 0 aromatic carbocycles. The van der Waals surface area contributed by atoms with Crippen molar-refractivity contribution < 1.29 is 4.79 Å². The second kappa shape index (κ2) is 4.99. The highest BCUT2D eigenvalue weighted by Crippen LogP contribution is 2.42. The Hall–Kier alpha value is -1.54. The molecule has 1 fully saturated rings. The highest BCUT2D eigenvalue weighted by molar-refractivity contribution is 7.19. The Labute approximate surface area is 111 Å². The van der Waals surface area contributed by atoms with Crippen LogP contribution in [-0.4, -0.2) is 19.4 Å². The lowest BCUT2D eigenvalue weighted by Gasteiger charge is -2.16. The highest BCUT2D eigenvalue weighted by atomic mass is 32.1. The summed E-state index contributed by atoms with van der Waals surface area (Å²) in [5.41, 5.74) is 6.79. The summed E-state index contributed by atoms with van der Waals surface area (Å²) in [4.78, 5) is 14.7. The average molecular weight is 263 g/mol. The van der Waals surface area contributed by atoms with Crippen LogP contribution in [0.25, 0.3) is 0 Å². The summed E-state index contributed by atoms with van der Waals surface area (Å²) in [6.45, 7) is 2.93. The second-order valence-electron chi connectivity index (χ2n) is 4.70. The van der Waals surface area contributed by atoms with Crippen LogP contribution < -0.4 is 10.6 Å².